The second-order valence-electron chi connectivity index (χ2n) is 6.49. The maximum absolute atomic E-state index is 12.8. The molecule has 20 heavy (non-hydrogen) atoms. The maximum atomic E-state index is 12.8. The van der Waals surface area contributed by atoms with Crippen LogP contribution in [0.3, 0.4) is 0 Å². The Labute approximate surface area is 119 Å². The first kappa shape index (κ1) is 12.4. The fraction of sp³-hybridized carbons (Fsp3) is 0.588. The molecule has 4 rings (SSSR count). The minimum Gasteiger partial charge on any atom is -0.381 e. The topological polar surface area (TPSA) is 29.5 Å². The van der Waals surface area contributed by atoms with Gasteiger partial charge in [-0.1, -0.05) is 31.0 Å². The van der Waals surface area contributed by atoms with Crippen LogP contribution in [0.25, 0.3) is 0 Å². The third-order valence-corrected chi connectivity index (χ3v) is 5.33. The van der Waals surface area contributed by atoms with E-state index in [0.29, 0.717) is 6.61 Å². The zero-order chi connectivity index (χ0) is 13.6. The van der Waals surface area contributed by atoms with Crippen LogP contribution in [0.2, 0.25) is 0 Å². The molecule has 1 spiro atoms. The Morgan fingerprint density at radius 3 is 2.80 bits per heavy atom. The van der Waals surface area contributed by atoms with Gasteiger partial charge in [0, 0.05) is 24.3 Å². The van der Waals surface area contributed by atoms with E-state index in [2.05, 4.69) is 29.2 Å². The van der Waals surface area contributed by atoms with Crippen molar-refractivity contribution in [2.24, 2.45) is 5.92 Å². The number of rotatable bonds is 1. The molecule has 1 aromatic carbocycles. The highest BCUT2D eigenvalue weighted by atomic mass is 16.5. The zero-order valence-electron chi connectivity index (χ0n) is 11.8. The molecule has 1 atom stereocenters. The van der Waals surface area contributed by atoms with Gasteiger partial charge in [0.1, 0.15) is 0 Å². The van der Waals surface area contributed by atoms with E-state index in [9.17, 15) is 4.79 Å². The van der Waals surface area contributed by atoms with Crippen molar-refractivity contribution < 1.29 is 9.53 Å². The van der Waals surface area contributed by atoms with Gasteiger partial charge in [0.05, 0.1) is 12.5 Å². The number of benzene rings is 1. The highest BCUT2D eigenvalue weighted by Gasteiger charge is 2.47. The summed E-state index contributed by atoms with van der Waals surface area (Å²) in [5.41, 5.74) is 2.81. The average molecular weight is 271 g/mol. The highest BCUT2D eigenvalue weighted by molar-refractivity contribution is 5.98. The fourth-order valence-corrected chi connectivity index (χ4v) is 4.26. The number of ether oxygens (including phenoxy) is 1. The van der Waals surface area contributed by atoms with Crippen molar-refractivity contribution in [2.45, 2.75) is 37.5 Å². The number of nitrogens with zero attached hydrogens (tertiary/aromatic N) is 1. The molecule has 3 heteroatoms. The Morgan fingerprint density at radius 1 is 1.25 bits per heavy atom. The fourth-order valence-electron chi connectivity index (χ4n) is 4.26. The van der Waals surface area contributed by atoms with Gasteiger partial charge >= 0.3 is 0 Å². The minimum absolute atomic E-state index is 0.0691. The summed E-state index contributed by atoms with van der Waals surface area (Å²) < 4.78 is 5.40. The van der Waals surface area contributed by atoms with Crippen molar-refractivity contribution in [3.63, 3.8) is 0 Å². The molecule has 1 unspecified atom stereocenters. The number of anilines is 1. The van der Waals surface area contributed by atoms with Gasteiger partial charge in [-0.05, 0) is 30.9 Å². The molecule has 106 valence electrons. The molecular weight excluding hydrogens is 250 g/mol. The van der Waals surface area contributed by atoms with E-state index < -0.39 is 0 Å². The molecule has 2 fully saturated rings. The summed E-state index contributed by atoms with van der Waals surface area (Å²) in [7, 11) is 0. The molecule has 1 saturated heterocycles. The van der Waals surface area contributed by atoms with E-state index in [1.807, 2.05) is 0 Å². The van der Waals surface area contributed by atoms with Gasteiger partial charge < -0.3 is 9.64 Å². The van der Waals surface area contributed by atoms with Gasteiger partial charge in [-0.2, -0.15) is 0 Å². The van der Waals surface area contributed by atoms with E-state index >= 15 is 0 Å². The Bertz CT molecular complexity index is 528. The third kappa shape index (κ3) is 1.72. The summed E-state index contributed by atoms with van der Waals surface area (Å²) in [6, 6.07) is 8.53. The average Bonchev–Trinajstić information content (AvgIpc) is 3.21. The Hall–Kier alpha value is -1.35. The molecule has 2 heterocycles. The summed E-state index contributed by atoms with van der Waals surface area (Å²) in [6.07, 6.45) is 5.93. The monoisotopic (exact) mass is 271 g/mol. The SMILES string of the molecule is O=C(C1CCOC1)N1CC2(CCCC2)c2ccccc21. The molecule has 0 aromatic heterocycles. The standard InChI is InChI=1S/C17H21NO2/c19-16(13-7-10-20-11-13)18-12-17(8-3-4-9-17)14-5-1-2-6-15(14)18/h1-2,5-6,13H,3-4,7-12H2. The lowest BCUT2D eigenvalue weighted by Crippen LogP contribution is -2.39. The Balaban J connectivity index is 1.70. The lowest BCUT2D eigenvalue weighted by molar-refractivity contribution is -0.122. The molecule has 1 aromatic rings. The van der Waals surface area contributed by atoms with Crippen LogP contribution in [0.15, 0.2) is 24.3 Å². The van der Waals surface area contributed by atoms with E-state index in [1.54, 1.807) is 0 Å². The van der Waals surface area contributed by atoms with Gasteiger partial charge in [0.15, 0.2) is 0 Å². The van der Waals surface area contributed by atoms with E-state index in [0.717, 1.165) is 25.3 Å². The van der Waals surface area contributed by atoms with Crippen molar-refractivity contribution in [1.29, 1.82) is 0 Å². The van der Waals surface area contributed by atoms with Crippen LogP contribution in [0.4, 0.5) is 5.69 Å². The van der Waals surface area contributed by atoms with Crippen LogP contribution < -0.4 is 4.90 Å². The number of carbonyl (C=O) groups is 1. The molecule has 0 N–H and O–H groups in total. The molecule has 1 amide bonds. The first-order valence-electron chi connectivity index (χ1n) is 7.79. The van der Waals surface area contributed by atoms with Crippen molar-refractivity contribution in [1.82, 2.24) is 0 Å². The quantitative estimate of drug-likeness (QED) is 0.786. The summed E-state index contributed by atoms with van der Waals surface area (Å²) in [4.78, 5) is 14.9. The van der Waals surface area contributed by atoms with Crippen molar-refractivity contribution in [2.75, 3.05) is 24.7 Å². The number of fused-ring (bicyclic) bond motifs is 2. The van der Waals surface area contributed by atoms with Gasteiger partial charge in [-0.15, -0.1) is 0 Å². The van der Waals surface area contributed by atoms with Crippen LogP contribution in [-0.2, 0) is 14.9 Å². The lowest BCUT2D eigenvalue weighted by atomic mass is 9.81. The minimum atomic E-state index is 0.0691. The van der Waals surface area contributed by atoms with Crippen molar-refractivity contribution >= 4 is 11.6 Å². The molecule has 3 aliphatic rings. The smallest absolute Gasteiger partial charge is 0.232 e. The second-order valence-corrected chi connectivity index (χ2v) is 6.49. The highest BCUT2D eigenvalue weighted by Crippen LogP contribution is 2.50. The first-order chi connectivity index (χ1) is 9.80. The normalized spacial score (nSPS) is 27.2. The molecular formula is C17H21NO2. The van der Waals surface area contributed by atoms with Crippen LogP contribution in [-0.4, -0.2) is 25.7 Å². The summed E-state index contributed by atoms with van der Waals surface area (Å²) in [6.45, 7) is 2.23. The van der Waals surface area contributed by atoms with Crippen LogP contribution in [0.1, 0.15) is 37.7 Å². The van der Waals surface area contributed by atoms with Crippen molar-refractivity contribution in [3.8, 4) is 0 Å². The second kappa shape index (κ2) is 4.59. The first-order valence-corrected chi connectivity index (χ1v) is 7.79. The largest absolute Gasteiger partial charge is 0.381 e. The van der Waals surface area contributed by atoms with E-state index in [4.69, 9.17) is 4.74 Å². The van der Waals surface area contributed by atoms with Crippen LogP contribution in [0, 0.1) is 5.92 Å². The third-order valence-electron chi connectivity index (χ3n) is 5.33. The molecule has 0 radical (unpaired) electrons. The number of amides is 1. The van der Waals surface area contributed by atoms with Gasteiger partial charge in [0.25, 0.3) is 0 Å². The summed E-state index contributed by atoms with van der Waals surface area (Å²) in [5, 5.41) is 0. The van der Waals surface area contributed by atoms with Crippen molar-refractivity contribution in [3.05, 3.63) is 29.8 Å². The van der Waals surface area contributed by atoms with Gasteiger partial charge in [-0.25, -0.2) is 0 Å². The molecule has 3 nitrogen and oxygen atoms in total. The Kier molecular flexibility index (Phi) is 2.84. The Morgan fingerprint density at radius 2 is 2.05 bits per heavy atom. The molecule has 0 bridgehead atoms. The predicted octanol–water partition coefficient (Wildman–Crippen LogP) is 2.88. The predicted molar refractivity (Wildman–Crippen MR) is 77.9 cm³/mol. The number of carbonyl (C=O) groups excluding carboxylic acids is 1. The molecule has 1 saturated carbocycles. The van der Waals surface area contributed by atoms with Crippen LogP contribution in [0.5, 0.6) is 0 Å². The van der Waals surface area contributed by atoms with E-state index in [-0.39, 0.29) is 17.2 Å². The maximum Gasteiger partial charge on any atom is 0.232 e. The molecule has 2 aliphatic heterocycles. The van der Waals surface area contributed by atoms with Gasteiger partial charge in [-0.3, -0.25) is 4.79 Å². The summed E-state index contributed by atoms with van der Waals surface area (Å²) >= 11 is 0. The number of hydrogen-bond acceptors (Lipinski definition) is 2. The van der Waals surface area contributed by atoms with Crippen LogP contribution >= 0.6 is 0 Å². The number of para-hydroxylation sites is 1. The van der Waals surface area contributed by atoms with E-state index in [1.165, 1.54) is 31.2 Å². The lowest BCUT2D eigenvalue weighted by Gasteiger charge is -2.25. The van der Waals surface area contributed by atoms with Gasteiger partial charge in [0.2, 0.25) is 5.91 Å². The number of hydrogen-bond donors (Lipinski definition) is 0. The zero-order valence-corrected chi connectivity index (χ0v) is 11.8. The molecule has 1 aliphatic carbocycles. The summed E-state index contributed by atoms with van der Waals surface area (Å²) in [5.74, 6) is 0.346.